The largest absolute Gasteiger partial charge is 0.370 e. The number of imidazole rings is 1. The van der Waals surface area contributed by atoms with E-state index in [-0.39, 0.29) is 0 Å². The molecule has 0 saturated carbocycles. The molecule has 0 radical (unpaired) electrons. The molecule has 0 aliphatic carbocycles. The van der Waals surface area contributed by atoms with Crippen LogP contribution in [-0.4, -0.2) is 20.5 Å². The van der Waals surface area contributed by atoms with Crippen molar-refractivity contribution in [1.82, 2.24) is 14.5 Å². The SMILES string of the molecule is CC(C)Cn1ccnc1CN=C(N)Nc1ccccn1. The summed E-state index contributed by atoms with van der Waals surface area (Å²) in [7, 11) is 0. The highest BCUT2D eigenvalue weighted by molar-refractivity contribution is 5.91. The van der Waals surface area contributed by atoms with Gasteiger partial charge in [0, 0.05) is 25.1 Å². The van der Waals surface area contributed by atoms with Crippen molar-refractivity contribution in [3.8, 4) is 0 Å². The first-order valence-electron chi connectivity index (χ1n) is 6.63. The van der Waals surface area contributed by atoms with Crippen molar-refractivity contribution in [2.45, 2.75) is 26.9 Å². The molecular formula is C14H20N6. The maximum Gasteiger partial charge on any atom is 0.194 e. The standard InChI is InChI=1S/C14H20N6/c1-11(2)10-20-8-7-17-13(20)9-18-14(15)19-12-5-3-4-6-16-12/h3-8,11H,9-10H2,1-2H3,(H3,15,16,18,19). The van der Waals surface area contributed by atoms with Crippen LogP contribution in [0.3, 0.4) is 0 Å². The van der Waals surface area contributed by atoms with Crippen LogP contribution >= 0.6 is 0 Å². The molecule has 2 rings (SSSR count). The van der Waals surface area contributed by atoms with Gasteiger partial charge >= 0.3 is 0 Å². The van der Waals surface area contributed by atoms with E-state index in [9.17, 15) is 0 Å². The van der Waals surface area contributed by atoms with Crippen molar-refractivity contribution in [2.24, 2.45) is 16.6 Å². The average molecular weight is 272 g/mol. The van der Waals surface area contributed by atoms with Gasteiger partial charge in [0.1, 0.15) is 18.2 Å². The third-order valence-corrected chi connectivity index (χ3v) is 2.68. The number of nitrogens with two attached hydrogens (primary N) is 1. The summed E-state index contributed by atoms with van der Waals surface area (Å²) in [5.41, 5.74) is 5.84. The number of aliphatic imine (C=N–C) groups is 1. The molecular weight excluding hydrogens is 252 g/mol. The quantitative estimate of drug-likeness (QED) is 0.643. The Morgan fingerprint density at radius 1 is 1.35 bits per heavy atom. The second-order valence-corrected chi connectivity index (χ2v) is 4.93. The number of nitrogens with zero attached hydrogens (tertiary/aromatic N) is 4. The molecule has 2 heterocycles. The maximum absolute atomic E-state index is 5.84. The Labute approximate surface area is 118 Å². The van der Waals surface area contributed by atoms with E-state index >= 15 is 0 Å². The molecule has 2 aromatic heterocycles. The number of anilines is 1. The molecule has 0 aliphatic rings. The van der Waals surface area contributed by atoms with Gasteiger partial charge in [-0.3, -0.25) is 0 Å². The van der Waals surface area contributed by atoms with Crippen LogP contribution < -0.4 is 11.1 Å². The molecule has 0 unspecified atom stereocenters. The Kier molecular flexibility index (Phi) is 4.70. The summed E-state index contributed by atoms with van der Waals surface area (Å²) in [4.78, 5) is 12.7. The van der Waals surface area contributed by atoms with E-state index in [4.69, 9.17) is 5.73 Å². The van der Waals surface area contributed by atoms with Crippen molar-refractivity contribution in [2.75, 3.05) is 5.32 Å². The zero-order valence-corrected chi connectivity index (χ0v) is 11.8. The van der Waals surface area contributed by atoms with Crippen LogP contribution in [0.2, 0.25) is 0 Å². The molecule has 0 fully saturated rings. The topological polar surface area (TPSA) is 81.1 Å². The Morgan fingerprint density at radius 2 is 2.20 bits per heavy atom. The number of rotatable bonds is 5. The lowest BCUT2D eigenvalue weighted by atomic mass is 10.2. The minimum absolute atomic E-state index is 0.336. The van der Waals surface area contributed by atoms with E-state index in [1.54, 1.807) is 12.4 Å². The van der Waals surface area contributed by atoms with Gasteiger partial charge in [-0.1, -0.05) is 19.9 Å². The molecule has 2 aromatic rings. The third-order valence-electron chi connectivity index (χ3n) is 2.68. The fraction of sp³-hybridized carbons (Fsp3) is 0.357. The molecule has 6 nitrogen and oxygen atoms in total. The smallest absolute Gasteiger partial charge is 0.194 e. The summed E-state index contributed by atoms with van der Waals surface area (Å²) >= 11 is 0. The lowest BCUT2D eigenvalue weighted by Crippen LogP contribution is -2.23. The van der Waals surface area contributed by atoms with Crippen molar-refractivity contribution < 1.29 is 0 Å². The molecule has 0 atom stereocenters. The van der Waals surface area contributed by atoms with E-state index in [2.05, 4.69) is 38.7 Å². The molecule has 0 saturated heterocycles. The van der Waals surface area contributed by atoms with Gasteiger partial charge in [-0.15, -0.1) is 0 Å². The van der Waals surface area contributed by atoms with Crippen molar-refractivity contribution >= 4 is 11.8 Å². The van der Waals surface area contributed by atoms with Crippen molar-refractivity contribution in [3.63, 3.8) is 0 Å². The van der Waals surface area contributed by atoms with Gasteiger partial charge in [-0.2, -0.15) is 0 Å². The van der Waals surface area contributed by atoms with E-state index in [1.165, 1.54) is 0 Å². The summed E-state index contributed by atoms with van der Waals surface area (Å²) in [6, 6.07) is 5.57. The van der Waals surface area contributed by atoms with Gasteiger partial charge in [0.25, 0.3) is 0 Å². The molecule has 3 N–H and O–H groups in total. The summed E-state index contributed by atoms with van der Waals surface area (Å²) < 4.78 is 2.10. The summed E-state index contributed by atoms with van der Waals surface area (Å²) in [5.74, 6) is 2.49. The van der Waals surface area contributed by atoms with E-state index in [0.29, 0.717) is 24.2 Å². The predicted molar refractivity (Wildman–Crippen MR) is 80.3 cm³/mol. The van der Waals surface area contributed by atoms with E-state index < -0.39 is 0 Å². The second kappa shape index (κ2) is 6.70. The fourth-order valence-electron chi connectivity index (χ4n) is 1.81. The first-order chi connectivity index (χ1) is 9.65. The van der Waals surface area contributed by atoms with Crippen LogP contribution in [0.4, 0.5) is 5.82 Å². The Morgan fingerprint density at radius 3 is 2.90 bits per heavy atom. The van der Waals surface area contributed by atoms with Crippen LogP contribution in [0.1, 0.15) is 19.7 Å². The number of aromatic nitrogens is 3. The molecule has 106 valence electrons. The fourth-order valence-corrected chi connectivity index (χ4v) is 1.81. The van der Waals surface area contributed by atoms with E-state index in [1.807, 2.05) is 24.4 Å². The Hall–Kier alpha value is -2.37. The summed E-state index contributed by atoms with van der Waals surface area (Å²) in [6.45, 7) is 5.72. The zero-order chi connectivity index (χ0) is 14.4. The minimum atomic E-state index is 0.336. The molecule has 0 aromatic carbocycles. The van der Waals surface area contributed by atoms with Crippen LogP contribution in [0.15, 0.2) is 41.8 Å². The Bertz CT molecular complexity index is 558. The number of nitrogens with one attached hydrogen (secondary N) is 1. The molecule has 20 heavy (non-hydrogen) atoms. The van der Waals surface area contributed by atoms with Gasteiger partial charge in [-0.05, 0) is 18.1 Å². The zero-order valence-electron chi connectivity index (χ0n) is 11.8. The number of hydrogen-bond acceptors (Lipinski definition) is 3. The summed E-state index contributed by atoms with van der Waals surface area (Å²) in [5, 5.41) is 2.94. The van der Waals surface area contributed by atoms with Gasteiger partial charge in [0.15, 0.2) is 5.96 Å². The number of hydrogen-bond donors (Lipinski definition) is 2. The van der Waals surface area contributed by atoms with Crippen LogP contribution in [0.25, 0.3) is 0 Å². The highest BCUT2D eigenvalue weighted by Gasteiger charge is 2.04. The average Bonchev–Trinajstić information content (AvgIpc) is 2.84. The summed E-state index contributed by atoms with van der Waals surface area (Å²) in [6.07, 6.45) is 5.45. The lowest BCUT2D eigenvalue weighted by molar-refractivity contribution is 0.507. The highest BCUT2D eigenvalue weighted by Crippen LogP contribution is 2.05. The number of guanidine groups is 1. The van der Waals surface area contributed by atoms with Crippen LogP contribution in [-0.2, 0) is 13.1 Å². The normalized spacial score (nSPS) is 11.8. The maximum atomic E-state index is 5.84. The third kappa shape index (κ3) is 4.08. The molecule has 0 amide bonds. The highest BCUT2D eigenvalue weighted by atomic mass is 15.2. The number of pyridine rings is 1. The van der Waals surface area contributed by atoms with Crippen molar-refractivity contribution in [3.05, 3.63) is 42.6 Å². The first-order valence-corrected chi connectivity index (χ1v) is 6.63. The van der Waals surface area contributed by atoms with Gasteiger partial charge < -0.3 is 15.6 Å². The molecule has 0 spiro atoms. The molecule has 0 aliphatic heterocycles. The van der Waals surface area contributed by atoms with Crippen molar-refractivity contribution in [1.29, 1.82) is 0 Å². The van der Waals surface area contributed by atoms with Crippen LogP contribution in [0.5, 0.6) is 0 Å². The van der Waals surface area contributed by atoms with Gasteiger partial charge in [0.2, 0.25) is 0 Å². The minimum Gasteiger partial charge on any atom is -0.370 e. The molecule has 0 bridgehead atoms. The van der Waals surface area contributed by atoms with Gasteiger partial charge in [0.05, 0.1) is 0 Å². The van der Waals surface area contributed by atoms with Gasteiger partial charge in [-0.25, -0.2) is 15.0 Å². The first kappa shape index (κ1) is 14.0. The van der Waals surface area contributed by atoms with Crippen LogP contribution in [0, 0.1) is 5.92 Å². The molecule has 6 heteroatoms. The lowest BCUT2D eigenvalue weighted by Gasteiger charge is -2.09. The van der Waals surface area contributed by atoms with E-state index in [0.717, 1.165) is 12.4 Å². The predicted octanol–water partition coefficient (Wildman–Crippen LogP) is 1.86. The monoisotopic (exact) mass is 272 g/mol. The Balaban J connectivity index is 1.97. The second-order valence-electron chi connectivity index (χ2n) is 4.93.